The number of carbonyl (C=O) groups excluding carboxylic acids is 2. The van der Waals surface area contributed by atoms with Crippen LogP contribution >= 0.6 is 0 Å². The summed E-state index contributed by atoms with van der Waals surface area (Å²) in [5.41, 5.74) is 2.16. The number of ether oxygens (including phenoxy) is 2. The summed E-state index contributed by atoms with van der Waals surface area (Å²) < 4.78 is 10.6. The van der Waals surface area contributed by atoms with Crippen LogP contribution in [0, 0.1) is 13.8 Å². The Hall–Kier alpha value is -3.98. The Labute approximate surface area is 230 Å². The molecule has 40 heavy (non-hydrogen) atoms. The van der Waals surface area contributed by atoms with Crippen molar-refractivity contribution in [3.63, 3.8) is 0 Å². The Balaban J connectivity index is 2.41. The first-order valence-corrected chi connectivity index (χ1v) is 12.3. The summed E-state index contributed by atoms with van der Waals surface area (Å²) in [6.45, 7) is 3.86. The van der Waals surface area contributed by atoms with Crippen molar-refractivity contribution in [3.05, 3.63) is 46.0 Å². The van der Waals surface area contributed by atoms with Gasteiger partial charge in [0.25, 0.3) is 0 Å². The molecule has 14 heteroatoms. The predicted octanol–water partition coefficient (Wildman–Crippen LogP) is 0.402. The van der Waals surface area contributed by atoms with E-state index >= 15 is 0 Å². The molecule has 0 aliphatic heterocycles. The van der Waals surface area contributed by atoms with Crippen LogP contribution in [-0.4, -0.2) is 90.3 Å². The average Bonchev–Trinajstić information content (AvgIpc) is 2.85. The number of esters is 2. The van der Waals surface area contributed by atoms with Gasteiger partial charge in [-0.1, -0.05) is 0 Å². The fourth-order valence-electron chi connectivity index (χ4n) is 4.07. The minimum Gasteiger partial charge on any atom is -0.480 e. The predicted molar refractivity (Wildman–Crippen MR) is 138 cm³/mol. The molecule has 4 N–H and O–H groups in total. The van der Waals surface area contributed by atoms with E-state index < -0.39 is 50.2 Å². The monoisotopic (exact) mass is 562 g/mol. The molecular formula is C26H34N4O10. The maximum absolute atomic E-state index is 11.7. The number of carboxylic acids is 2. The molecule has 2 aromatic heterocycles. The van der Waals surface area contributed by atoms with Gasteiger partial charge in [-0.05, 0) is 13.8 Å². The Morgan fingerprint density at radius 3 is 1.35 bits per heavy atom. The third-order valence-corrected chi connectivity index (χ3v) is 5.85. The summed E-state index contributed by atoms with van der Waals surface area (Å²) >= 11 is 0. The minimum absolute atomic E-state index is 0.0484. The van der Waals surface area contributed by atoms with Crippen molar-refractivity contribution >= 4 is 23.9 Å². The van der Waals surface area contributed by atoms with Crippen molar-refractivity contribution in [1.29, 1.82) is 0 Å². The zero-order valence-electron chi connectivity index (χ0n) is 22.8. The summed E-state index contributed by atoms with van der Waals surface area (Å²) in [5, 5.41) is 38.8. The molecule has 0 amide bonds. The molecule has 0 fully saturated rings. The van der Waals surface area contributed by atoms with Crippen molar-refractivity contribution in [1.82, 2.24) is 19.8 Å². The number of carbonyl (C=O) groups is 4. The Morgan fingerprint density at radius 2 is 1.07 bits per heavy atom. The number of carboxylic acid groups (broad SMARTS) is 2. The number of aliphatic hydroxyl groups excluding tert-OH is 2. The molecule has 0 bridgehead atoms. The van der Waals surface area contributed by atoms with E-state index in [4.69, 9.17) is 9.47 Å². The Morgan fingerprint density at radius 1 is 0.725 bits per heavy atom. The van der Waals surface area contributed by atoms with Gasteiger partial charge in [0.2, 0.25) is 0 Å². The zero-order valence-corrected chi connectivity index (χ0v) is 22.8. The summed E-state index contributed by atoms with van der Waals surface area (Å²) in [7, 11) is 0. The van der Waals surface area contributed by atoms with Gasteiger partial charge in [0, 0.05) is 74.7 Å². The summed E-state index contributed by atoms with van der Waals surface area (Å²) in [5.74, 6) is -3.31. The van der Waals surface area contributed by atoms with Crippen LogP contribution in [0.25, 0.3) is 0 Å². The molecule has 218 valence electrons. The molecule has 0 atom stereocenters. The van der Waals surface area contributed by atoms with Gasteiger partial charge in [0.15, 0.2) is 11.5 Å². The second-order valence-corrected chi connectivity index (χ2v) is 9.07. The highest BCUT2D eigenvalue weighted by Crippen LogP contribution is 2.29. The smallest absolute Gasteiger partial charge is 0.317 e. The molecule has 2 heterocycles. The lowest BCUT2D eigenvalue weighted by Gasteiger charge is -2.28. The number of nitrogens with zero attached hydrogens (tertiary/aromatic N) is 4. The summed E-state index contributed by atoms with van der Waals surface area (Å²) in [6.07, 6.45) is 2.82. The van der Waals surface area contributed by atoms with Gasteiger partial charge >= 0.3 is 23.9 Å². The van der Waals surface area contributed by atoms with E-state index in [-0.39, 0.29) is 37.7 Å². The second-order valence-electron chi connectivity index (χ2n) is 9.07. The van der Waals surface area contributed by atoms with Crippen LogP contribution in [-0.2, 0) is 45.5 Å². The highest BCUT2D eigenvalue weighted by Gasteiger charge is 2.23. The molecular weight excluding hydrogens is 528 g/mol. The molecule has 0 aromatic carbocycles. The average molecular weight is 563 g/mol. The van der Waals surface area contributed by atoms with Gasteiger partial charge in [-0.2, -0.15) is 0 Å². The van der Waals surface area contributed by atoms with Gasteiger partial charge in [-0.25, -0.2) is 0 Å². The topological polar surface area (TPSA) is 200 Å². The number of aliphatic carboxylic acids is 2. The maximum Gasteiger partial charge on any atom is 0.317 e. The van der Waals surface area contributed by atoms with Crippen molar-refractivity contribution in [2.75, 3.05) is 26.2 Å². The number of hydrogen-bond acceptors (Lipinski definition) is 12. The largest absolute Gasteiger partial charge is 0.480 e. The van der Waals surface area contributed by atoms with E-state index in [0.717, 1.165) is 0 Å². The van der Waals surface area contributed by atoms with Crippen molar-refractivity contribution < 1.29 is 49.1 Å². The van der Waals surface area contributed by atoms with Crippen molar-refractivity contribution in [2.45, 2.75) is 54.0 Å². The number of rotatable bonds is 15. The molecule has 0 aliphatic carbocycles. The third-order valence-electron chi connectivity index (χ3n) is 5.85. The fraction of sp³-hybridized carbons (Fsp3) is 0.462. The number of aryl methyl sites for hydroxylation is 2. The van der Waals surface area contributed by atoms with E-state index in [2.05, 4.69) is 9.97 Å². The minimum atomic E-state index is -1.15. The second kappa shape index (κ2) is 15.0. The van der Waals surface area contributed by atoms with Crippen molar-refractivity contribution in [2.24, 2.45) is 0 Å². The molecule has 0 aliphatic rings. The highest BCUT2D eigenvalue weighted by molar-refractivity contribution is 5.71. The van der Waals surface area contributed by atoms with Crippen LogP contribution < -0.4 is 9.47 Å². The Bertz CT molecular complexity index is 1150. The quantitative estimate of drug-likeness (QED) is 0.217. The lowest BCUT2D eigenvalue weighted by molar-refractivity contribution is -0.140. The van der Waals surface area contributed by atoms with Crippen LogP contribution in [0.15, 0.2) is 12.4 Å². The lowest BCUT2D eigenvalue weighted by Crippen LogP contribution is -2.39. The van der Waals surface area contributed by atoms with Gasteiger partial charge in [0.1, 0.15) is 0 Å². The van der Waals surface area contributed by atoms with Crippen LogP contribution in [0.3, 0.4) is 0 Å². The normalized spacial score (nSPS) is 11.1. The molecule has 0 radical (unpaired) electrons. The highest BCUT2D eigenvalue weighted by atomic mass is 16.5. The number of hydrogen-bond donors (Lipinski definition) is 4. The Kier molecular flexibility index (Phi) is 12.1. The van der Waals surface area contributed by atoms with E-state index in [1.165, 1.54) is 36.0 Å². The zero-order chi connectivity index (χ0) is 30.0. The SMILES string of the molecule is CC(=O)Oc1c(C)ncc(CO)c1CN(CCN(CC(=O)O)Cc1c(CO)cnc(C)c1OC(C)=O)CC(=O)O. The fourth-order valence-corrected chi connectivity index (χ4v) is 4.07. The molecule has 14 nitrogen and oxygen atoms in total. The number of aromatic nitrogens is 2. The lowest BCUT2D eigenvalue weighted by atomic mass is 10.1. The standard InChI is InChI=1S/C26H34N4O10/c1-15-25(39-17(3)33)21(19(13-31)7-27-15)9-29(11-23(35)36)5-6-30(12-24(37)38)10-22-20(14-32)8-28-16(2)26(22)40-18(4)34/h7-8,31-32H,5-6,9-14H2,1-4H3,(H,35,36)(H,37,38). The van der Waals surface area contributed by atoms with Gasteiger partial charge in [-0.15, -0.1) is 0 Å². The number of pyridine rings is 2. The van der Waals surface area contributed by atoms with Crippen LogP contribution in [0.4, 0.5) is 0 Å². The van der Waals surface area contributed by atoms with Gasteiger partial charge in [-0.3, -0.25) is 38.9 Å². The van der Waals surface area contributed by atoms with Crippen LogP contribution in [0.1, 0.15) is 47.5 Å². The molecule has 0 unspecified atom stereocenters. The third kappa shape index (κ3) is 9.34. The summed E-state index contributed by atoms with van der Waals surface area (Å²) in [6, 6.07) is 0. The number of aliphatic hydroxyl groups is 2. The molecule has 2 rings (SSSR count). The van der Waals surface area contributed by atoms with E-state index in [0.29, 0.717) is 33.6 Å². The van der Waals surface area contributed by atoms with Crippen LogP contribution in [0.2, 0.25) is 0 Å². The van der Waals surface area contributed by atoms with E-state index in [9.17, 15) is 39.6 Å². The molecule has 0 saturated heterocycles. The molecule has 0 saturated carbocycles. The first-order chi connectivity index (χ1) is 18.9. The van der Waals surface area contributed by atoms with Gasteiger partial charge in [0.05, 0.1) is 37.7 Å². The van der Waals surface area contributed by atoms with Crippen LogP contribution in [0.5, 0.6) is 11.5 Å². The van der Waals surface area contributed by atoms with E-state index in [1.807, 2.05) is 0 Å². The summed E-state index contributed by atoms with van der Waals surface area (Å²) in [4.78, 5) is 58.0. The van der Waals surface area contributed by atoms with Gasteiger partial charge < -0.3 is 29.9 Å². The van der Waals surface area contributed by atoms with Crippen molar-refractivity contribution in [3.8, 4) is 11.5 Å². The molecule has 2 aromatic rings. The maximum atomic E-state index is 11.7. The molecule has 0 spiro atoms. The first kappa shape index (κ1) is 32.2. The van der Waals surface area contributed by atoms with E-state index in [1.54, 1.807) is 13.8 Å². The first-order valence-electron chi connectivity index (χ1n) is 12.3.